The molecule has 3 heteroatoms. The summed E-state index contributed by atoms with van der Waals surface area (Å²) in [6.45, 7) is 6.43. The predicted octanol–water partition coefficient (Wildman–Crippen LogP) is 3.73. The molecule has 0 spiro atoms. The van der Waals surface area contributed by atoms with Gasteiger partial charge in [0.05, 0.1) is 5.41 Å². The van der Waals surface area contributed by atoms with Gasteiger partial charge in [0.1, 0.15) is 0 Å². The maximum absolute atomic E-state index is 12.8. The fraction of sp³-hybridized carbons (Fsp3) is 0.938. The minimum absolute atomic E-state index is 0.0812. The van der Waals surface area contributed by atoms with Crippen LogP contribution >= 0.6 is 11.6 Å². The summed E-state index contributed by atoms with van der Waals surface area (Å²) in [4.78, 5) is 12.8. The van der Waals surface area contributed by atoms with Crippen LogP contribution in [-0.2, 0) is 4.79 Å². The van der Waals surface area contributed by atoms with Crippen molar-refractivity contribution in [2.75, 3.05) is 5.88 Å². The number of halogens is 1. The molecule has 4 aliphatic rings. The second-order valence-corrected chi connectivity index (χ2v) is 8.79. The maximum Gasteiger partial charge on any atom is 0.226 e. The Labute approximate surface area is 121 Å². The predicted molar refractivity (Wildman–Crippen MR) is 78.2 cm³/mol. The van der Waals surface area contributed by atoms with Crippen molar-refractivity contribution in [1.82, 2.24) is 5.32 Å². The van der Waals surface area contributed by atoms with Crippen LogP contribution < -0.4 is 5.32 Å². The molecule has 4 fully saturated rings. The molecule has 0 heterocycles. The van der Waals surface area contributed by atoms with Gasteiger partial charge in [0.2, 0.25) is 5.91 Å². The van der Waals surface area contributed by atoms with Gasteiger partial charge in [0.15, 0.2) is 0 Å². The van der Waals surface area contributed by atoms with Crippen LogP contribution in [0.25, 0.3) is 0 Å². The summed E-state index contributed by atoms with van der Waals surface area (Å²) < 4.78 is 0. The zero-order chi connectivity index (χ0) is 13.9. The molecule has 4 bridgehead atoms. The normalized spacial score (nSPS) is 44.4. The van der Waals surface area contributed by atoms with Crippen molar-refractivity contribution in [3.8, 4) is 0 Å². The summed E-state index contributed by atoms with van der Waals surface area (Å²) in [6, 6.07) is 0. The third kappa shape index (κ3) is 2.30. The summed E-state index contributed by atoms with van der Waals surface area (Å²) in [6.07, 6.45) is 7.38. The Hall–Kier alpha value is -0.240. The van der Waals surface area contributed by atoms with Gasteiger partial charge in [-0.3, -0.25) is 4.79 Å². The van der Waals surface area contributed by atoms with Gasteiger partial charge in [-0.2, -0.15) is 0 Å². The Bertz CT molecular complexity index is 390. The number of hydrogen-bond donors (Lipinski definition) is 1. The average Bonchev–Trinajstić information content (AvgIpc) is 2.25. The molecule has 2 nitrogen and oxygen atoms in total. The molecular formula is C16H26ClNO. The highest BCUT2D eigenvalue weighted by molar-refractivity contribution is 6.18. The average molecular weight is 284 g/mol. The standard InChI is InChI=1S/C16H26ClNO/c1-14(2,10-17)18-13(19)16-7-11-4-12(8-16)6-15(3,5-11)9-16/h11-12H,4-10H2,1-3H3,(H,18,19). The Morgan fingerprint density at radius 1 is 1.26 bits per heavy atom. The van der Waals surface area contributed by atoms with E-state index in [1.807, 2.05) is 13.8 Å². The van der Waals surface area contributed by atoms with Crippen LogP contribution in [0, 0.1) is 22.7 Å². The summed E-state index contributed by atoms with van der Waals surface area (Å²) in [7, 11) is 0. The highest BCUT2D eigenvalue weighted by Crippen LogP contribution is 2.65. The van der Waals surface area contributed by atoms with Gasteiger partial charge in [-0.25, -0.2) is 0 Å². The van der Waals surface area contributed by atoms with Crippen molar-refractivity contribution in [3.05, 3.63) is 0 Å². The summed E-state index contributed by atoms with van der Waals surface area (Å²) in [5, 5.41) is 3.21. The lowest BCUT2D eigenvalue weighted by Gasteiger charge is -2.60. The van der Waals surface area contributed by atoms with Crippen molar-refractivity contribution in [1.29, 1.82) is 0 Å². The van der Waals surface area contributed by atoms with Gasteiger partial charge >= 0.3 is 0 Å². The number of alkyl halides is 1. The summed E-state index contributed by atoms with van der Waals surface area (Å²) in [5.74, 6) is 2.32. The molecule has 19 heavy (non-hydrogen) atoms. The van der Waals surface area contributed by atoms with Crippen LogP contribution in [0.3, 0.4) is 0 Å². The van der Waals surface area contributed by atoms with E-state index in [-0.39, 0.29) is 16.9 Å². The highest BCUT2D eigenvalue weighted by atomic mass is 35.5. The monoisotopic (exact) mass is 283 g/mol. The van der Waals surface area contributed by atoms with Crippen molar-refractivity contribution < 1.29 is 4.79 Å². The van der Waals surface area contributed by atoms with Crippen LogP contribution in [0.5, 0.6) is 0 Å². The van der Waals surface area contributed by atoms with Crippen molar-refractivity contribution in [2.24, 2.45) is 22.7 Å². The third-order valence-electron chi connectivity index (χ3n) is 5.62. The molecule has 2 atom stereocenters. The van der Waals surface area contributed by atoms with Gasteiger partial charge in [-0.1, -0.05) is 6.92 Å². The number of rotatable bonds is 3. The van der Waals surface area contributed by atoms with E-state index in [4.69, 9.17) is 11.6 Å². The van der Waals surface area contributed by atoms with E-state index in [0.717, 1.165) is 31.1 Å². The fourth-order valence-electron chi connectivity index (χ4n) is 5.46. The highest BCUT2D eigenvalue weighted by Gasteiger charge is 2.59. The molecule has 0 radical (unpaired) electrons. The fourth-order valence-corrected chi connectivity index (χ4v) is 5.53. The van der Waals surface area contributed by atoms with Gasteiger partial charge in [-0.15, -0.1) is 11.6 Å². The Morgan fingerprint density at radius 2 is 1.84 bits per heavy atom. The molecule has 4 aliphatic carbocycles. The third-order valence-corrected chi connectivity index (χ3v) is 6.29. The molecule has 2 unspecified atom stereocenters. The first-order valence-corrected chi connectivity index (χ1v) is 8.18. The van der Waals surface area contributed by atoms with Crippen molar-refractivity contribution in [2.45, 2.75) is 64.8 Å². The van der Waals surface area contributed by atoms with Crippen molar-refractivity contribution in [3.63, 3.8) is 0 Å². The Balaban J connectivity index is 1.82. The molecule has 1 N–H and O–H groups in total. The van der Waals surface area contributed by atoms with Crippen LogP contribution in [0.1, 0.15) is 59.3 Å². The second-order valence-electron chi connectivity index (χ2n) is 8.52. The van der Waals surface area contributed by atoms with Crippen LogP contribution in [0.2, 0.25) is 0 Å². The van der Waals surface area contributed by atoms with E-state index in [1.165, 1.54) is 19.3 Å². The molecule has 0 aromatic rings. The summed E-state index contributed by atoms with van der Waals surface area (Å²) in [5.41, 5.74) is 0.0531. The van der Waals surface area contributed by atoms with E-state index in [0.29, 0.717) is 11.3 Å². The molecule has 4 rings (SSSR count). The zero-order valence-corrected chi connectivity index (χ0v) is 13.1. The van der Waals surface area contributed by atoms with Gasteiger partial charge in [0.25, 0.3) is 0 Å². The largest absolute Gasteiger partial charge is 0.350 e. The maximum atomic E-state index is 12.8. The SMILES string of the molecule is CC12CC3CC(C1)CC(C(=O)NC(C)(C)CCl)(C3)C2. The number of carbonyl (C=O) groups is 1. The van der Waals surface area contributed by atoms with E-state index < -0.39 is 0 Å². The molecule has 1 amide bonds. The van der Waals surface area contributed by atoms with Crippen LogP contribution in [0.4, 0.5) is 0 Å². The number of carbonyl (C=O) groups excluding carboxylic acids is 1. The van der Waals surface area contributed by atoms with E-state index in [9.17, 15) is 4.79 Å². The zero-order valence-electron chi connectivity index (χ0n) is 12.4. The first-order valence-electron chi connectivity index (χ1n) is 7.65. The van der Waals surface area contributed by atoms with E-state index >= 15 is 0 Å². The molecule has 0 aliphatic heterocycles. The smallest absolute Gasteiger partial charge is 0.226 e. The van der Waals surface area contributed by atoms with Crippen molar-refractivity contribution >= 4 is 17.5 Å². The minimum Gasteiger partial charge on any atom is -0.350 e. The van der Waals surface area contributed by atoms with E-state index in [2.05, 4.69) is 12.2 Å². The second kappa shape index (κ2) is 4.13. The quantitative estimate of drug-likeness (QED) is 0.786. The summed E-state index contributed by atoms with van der Waals surface area (Å²) >= 11 is 5.96. The Morgan fingerprint density at radius 3 is 2.32 bits per heavy atom. The van der Waals surface area contributed by atoms with Crippen LogP contribution in [-0.4, -0.2) is 17.3 Å². The van der Waals surface area contributed by atoms with Gasteiger partial charge in [-0.05, 0) is 69.6 Å². The van der Waals surface area contributed by atoms with Gasteiger partial charge < -0.3 is 5.32 Å². The van der Waals surface area contributed by atoms with Gasteiger partial charge in [0, 0.05) is 11.4 Å². The lowest BCUT2D eigenvalue weighted by atomic mass is 9.44. The molecule has 0 saturated heterocycles. The molecular weight excluding hydrogens is 258 g/mol. The molecule has 0 aromatic heterocycles. The number of nitrogens with one attached hydrogen (secondary N) is 1. The Kier molecular flexibility index (Phi) is 2.98. The first-order chi connectivity index (χ1) is 8.76. The first kappa shape index (κ1) is 13.7. The lowest BCUT2D eigenvalue weighted by Crippen LogP contribution is -2.59. The number of amides is 1. The number of hydrogen-bond acceptors (Lipinski definition) is 1. The molecule has 108 valence electrons. The lowest BCUT2D eigenvalue weighted by molar-refractivity contribution is -0.156. The van der Waals surface area contributed by atoms with E-state index in [1.54, 1.807) is 0 Å². The molecule has 4 saturated carbocycles. The minimum atomic E-state index is -0.289. The van der Waals surface area contributed by atoms with Crippen LogP contribution in [0.15, 0.2) is 0 Å². The molecule has 0 aromatic carbocycles. The topological polar surface area (TPSA) is 29.1 Å².